The van der Waals surface area contributed by atoms with Crippen LogP contribution in [0.1, 0.15) is 5.56 Å². The van der Waals surface area contributed by atoms with Crippen molar-refractivity contribution in [2.45, 2.75) is 6.92 Å². The molecule has 0 saturated heterocycles. The zero-order valence-corrected chi connectivity index (χ0v) is 42.3. The Labute approximate surface area is 445 Å². The van der Waals surface area contributed by atoms with Crippen molar-refractivity contribution in [2.75, 3.05) is 0 Å². The van der Waals surface area contributed by atoms with E-state index in [0.29, 0.717) is 0 Å². The maximum Gasteiger partial charge on any atom is -0.000718 e. The highest BCUT2D eigenvalue weighted by molar-refractivity contribution is 6.46. The highest BCUT2D eigenvalue weighted by Gasteiger charge is 2.28. The highest BCUT2D eigenvalue weighted by Crippen LogP contribution is 2.56. The SMILES string of the molecule is Cc1cc2ccc3ccc4c5c(-c6cc(-c7ccccc7)cc(-c7ccccc7)c6)c6cc7c(cc6c(-c6cc(-c8ccccc8)cc(-c8ccccc8)c6)c5c5cc(c1)c2c3c45)c1cccc2c3ccccc3cc7c21. The maximum atomic E-state index is 2.60. The molecule has 0 spiro atoms. The molecule has 0 aromatic heterocycles. The average molecular weight is 971 g/mol. The summed E-state index contributed by atoms with van der Waals surface area (Å²) in [5.74, 6) is 0. The number of aryl methyl sites for hydroxylation is 1. The van der Waals surface area contributed by atoms with Crippen LogP contribution < -0.4 is 0 Å². The van der Waals surface area contributed by atoms with E-state index < -0.39 is 0 Å². The van der Waals surface area contributed by atoms with Crippen LogP contribution in [0.15, 0.2) is 261 Å². The fraction of sp³-hybridized carbons (Fsp3) is 0.0130. The molecular weight excluding hydrogens is 925 g/mol. The first-order valence-corrected chi connectivity index (χ1v) is 27.0. The minimum Gasteiger partial charge on any atom is -0.0622 e. The van der Waals surface area contributed by atoms with Gasteiger partial charge in [0.25, 0.3) is 0 Å². The third-order valence-electron chi connectivity index (χ3n) is 17.2. The molecule has 354 valence electrons. The summed E-state index contributed by atoms with van der Waals surface area (Å²) in [7, 11) is 0. The van der Waals surface area contributed by atoms with Crippen molar-refractivity contribution in [1.29, 1.82) is 0 Å². The van der Waals surface area contributed by atoms with E-state index in [9.17, 15) is 0 Å². The van der Waals surface area contributed by atoms with Crippen LogP contribution >= 0.6 is 0 Å². The predicted molar refractivity (Wildman–Crippen MR) is 332 cm³/mol. The van der Waals surface area contributed by atoms with E-state index in [0.717, 1.165) is 0 Å². The highest BCUT2D eigenvalue weighted by atomic mass is 14.3. The van der Waals surface area contributed by atoms with Crippen LogP contribution in [0, 0.1) is 6.92 Å². The normalized spacial score (nSPS) is 12.2. The quantitative estimate of drug-likeness (QED) is 0.146. The smallest absolute Gasteiger partial charge is 0.000718 e. The van der Waals surface area contributed by atoms with Crippen molar-refractivity contribution in [3.8, 4) is 66.8 Å². The molecular formula is C77H46. The third kappa shape index (κ3) is 6.22. The van der Waals surface area contributed by atoms with E-state index in [1.54, 1.807) is 0 Å². The van der Waals surface area contributed by atoms with Crippen molar-refractivity contribution in [1.82, 2.24) is 0 Å². The lowest BCUT2D eigenvalue weighted by Crippen LogP contribution is -1.93. The fourth-order valence-electron chi connectivity index (χ4n) is 13.9. The maximum absolute atomic E-state index is 2.60. The van der Waals surface area contributed by atoms with E-state index in [1.165, 1.54) is 180 Å². The Hall–Kier alpha value is -9.88. The van der Waals surface area contributed by atoms with Crippen molar-refractivity contribution >= 4 is 108 Å². The first-order valence-electron chi connectivity index (χ1n) is 27.0. The van der Waals surface area contributed by atoms with Crippen LogP contribution in [0.4, 0.5) is 0 Å². The lowest BCUT2D eigenvalue weighted by atomic mass is 9.83. The molecule has 0 unspecified atom stereocenters. The van der Waals surface area contributed by atoms with Gasteiger partial charge in [-0.05, 0) is 248 Å². The van der Waals surface area contributed by atoms with E-state index in [1.807, 2.05) is 0 Å². The van der Waals surface area contributed by atoms with Crippen LogP contribution in [-0.4, -0.2) is 0 Å². The zero-order valence-electron chi connectivity index (χ0n) is 42.3. The molecule has 0 radical (unpaired) electrons. The van der Waals surface area contributed by atoms with E-state index in [2.05, 4.69) is 268 Å². The van der Waals surface area contributed by atoms with Crippen molar-refractivity contribution in [2.24, 2.45) is 0 Å². The standard InChI is InChI=1S/C77H46/c1-45-33-52-30-29-50-31-32-63-75-69(42-57(34-45)70(52)73(50)75)77-72(59-39-55(48-21-10-4-11-22-48)36-56(40-59)49-23-12-5-13-24-49)67-43-64-62-28-16-27-61-60-26-15-14-25-51(60)41-66(74(61)62)65(64)44-68(67)71(76(63)77)58-37-53(46-17-6-2-7-18-46)35-54(38-58)47-19-8-3-9-20-47/h2-44H,1H3. The van der Waals surface area contributed by atoms with Gasteiger partial charge in [0.15, 0.2) is 0 Å². The van der Waals surface area contributed by atoms with Crippen LogP contribution in [0.2, 0.25) is 0 Å². The molecule has 0 heteroatoms. The van der Waals surface area contributed by atoms with Gasteiger partial charge in [-0.25, -0.2) is 0 Å². The van der Waals surface area contributed by atoms with Crippen molar-refractivity contribution in [3.63, 3.8) is 0 Å². The number of rotatable bonds is 6. The second-order valence-electron chi connectivity index (χ2n) is 21.5. The molecule has 0 saturated carbocycles. The van der Waals surface area contributed by atoms with Crippen molar-refractivity contribution < 1.29 is 0 Å². The second-order valence-corrected chi connectivity index (χ2v) is 21.5. The monoisotopic (exact) mass is 970 g/mol. The fourth-order valence-corrected chi connectivity index (χ4v) is 13.9. The Morgan fingerprint density at radius 1 is 0.169 bits per heavy atom. The second kappa shape index (κ2) is 16.1. The van der Waals surface area contributed by atoms with Gasteiger partial charge < -0.3 is 0 Å². The summed E-state index contributed by atoms with van der Waals surface area (Å²) >= 11 is 0. The Morgan fingerprint density at radius 3 is 1.17 bits per heavy atom. The number of hydrogen-bond donors (Lipinski definition) is 0. The van der Waals surface area contributed by atoms with Gasteiger partial charge in [-0.1, -0.05) is 200 Å². The summed E-state index contributed by atoms with van der Waals surface area (Å²) in [5, 5.41) is 26.0. The third-order valence-corrected chi connectivity index (χ3v) is 17.2. The molecule has 0 amide bonds. The van der Waals surface area contributed by atoms with Gasteiger partial charge in [0.1, 0.15) is 0 Å². The molecule has 0 aliphatic carbocycles. The summed E-state index contributed by atoms with van der Waals surface area (Å²) in [6.45, 7) is 2.25. The number of benzene rings is 15. The Balaban J connectivity index is 1.15. The molecule has 0 aliphatic rings. The molecule has 17 aromatic rings. The lowest BCUT2D eigenvalue weighted by molar-refractivity contribution is 1.53. The largest absolute Gasteiger partial charge is 0.0622 e. The van der Waals surface area contributed by atoms with E-state index >= 15 is 0 Å². The zero-order chi connectivity index (χ0) is 50.5. The Morgan fingerprint density at radius 2 is 0.597 bits per heavy atom. The van der Waals surface area contributed by atoms with Gasteiger partial charge in [0.05, 0.1) is 0 Å². The topological polar surface area (TPSA) is 0 Å². The molecule has 0 heterocycles. The number of fused-ring (bicyclic) bond motifs is 9. The van der Waals surface area contributed by atoms with Gasteiger partial charge in [-0.3, -0.25) is 0 Å². The van der Waals surface area contributed by atoms with Crippen LogP contribution in [0.3, 0.4) is 0 Å². The van der Waals surface area contributed by atoms with Crippen LogP contribution in [0.25, 0.3) is 174 Å². The molecule has 77 heavy (non-hydrogen) atoms. The lowest BCUT2D eigenvalue weighted by Gasteiger charge is -2.20. The minimum atomic E-state index is 1.20. The molecule has 17 rings (SSSR count). The summed E-state index contributed by atoms with van der Waals surface area (Å²) in [4.78, 5) is 0. The first-order chi connectivity index (χ1) is 38.1. The number of hydrogen-bond acceptors (Lipinski definition) is 0. The van der Waals surface area contributed by atoms with Gasteiger partial charge in [-0.2, -0.15) is 0 Å². The predicted octanol–water partition coefficient (Wildman–Crippen LogP) is 21.8. The van der Waals surface area contributed by atoms with Gasteiger partial charge in [0, 0.05) is 0 Å². The van der Waals surface area contributed by atoms with Crippen LogP contribution in [-0.2, 0) is 0 Å². The first kappa shape index (κ1) is 42.5. The van der Waals surface area contributed by atoms with Gasteiger partial charge >= 0.3 is 0 Å². The summed E-state index contributed by atoms with van der Waals surface area (Å²) < 4.78 is 0. The molecule has 0 nitrogen and oxygen atoms in total. The summed E-state index contributed by atoms with van der Waals surface area (Å²) in [5.41, 5.74) is 15.8. The Kier molecular flexibility index (Phi) is 8.86. The van der Waals surface area contributed by atoms with Crippen LogP contribution in [0.5, 0.6) is 0 Å². The molecule has 0 N–H and O–H groups in total. The summed E-state index contributed by atoms with van der Waals surface area (Å²) in [6.07, 6.45) is 0. The van der Waals surface area contributed by atoms with Gasteiger partial charge in [-0.15, -0.1) is 0 Å². The average Bonchev–Trinajstić information content (AvgIpc) is 4.08. The molecule has 0 bridgehead atoms. The Bertz CT molecular complexity index is 5110. The van der Waals surface area contributed by atoms with Crippen molar-refractivity contribution in [3.05, 3.63) is 266 Å². The molecule has 0 aliphatic heterocycles. The van der Waals surface area contributed by atoms with E-state index in [-0.39, 0.29) is 0 Å². The summed E-state index contributed by atoms with van der Waals surface area (Å²) in [6, 6.07) is 99.0. The van der Waals surface area contributed by atoms with E-state index in [4.69, 9.17) is 0 Å². The minimum absolute atomic E-state index is 1.20. The molecule has 17 aromatic carbocycles. The molecule has 0 fully saturated rings. The molecule has 0 atom stereocenters. The van der Waals surface area contributed by atoms with Gasteiger partial charge in [0.2, 0.25) is 0 Å².